The summed E-state index contributed by atoms with van der Waals surface area (Å²) in [5.74, 6) is 1.54. The molecule has 0 spiro atoms. The first kappa shape index (κ1) is 11.5. The molecule has 1 aromatic rings. The van der Waals surface area contributed by atoms with Crippen LogP contribution in [0.3, 0.4) is 0 Å². The first-order chi connectivity index (χ1) is 7.81. The lowest BCUT2D eigenvalue weighted by molar-refractivity contribution is 0.672. The molecule has 0 amide bonds. The summed E-state index contributed by atoms with van der Waals surface area (Å²) in [5.41, 5.74) is 2.43. The predicted molar refractivity (Wildman–Crippen MR) is 67.1 cm³/mol. The van der Waals surface area contributed by atoms with Crippen molar-refractivity contribution in [3.63, 3.8) is 0 Å². The number of anilines is 1. The number of hydrogen-bond acceptors (Lipinski definition) is 4. The molecule has 0 aliphatic carbocycles. The third kappa shape index (κ3) is 2.59. The Morgan fingerprint density at radius 3 is 2.94 bits per heavy atom. The molecule has 5 heteroatoms. The Labute approximate surface area is 98.5 Å². The van der Waals surface area contributed by atoms with Crippen molar-refractivity contribution < 1.29 is 4.21 Å². The van der Waals surface area contributed by atoms with Crippen LogP contribution in [-0.4, -0.2) is 40.8 Å². The summed E-state index contributed by atoms with van der Waals surface area (Å²) >= 11 is 0. The van der Waals surface area contributed by atoms with E-state index in [4.69, 9.17) is 0 Å². The summed E-state index contributed by atoms with van der Waals surface area (Å²) < 4.78 is 11.3. The number of hydrogen-bond donors (Lipinski definition) is 1. The van der Waals surface area contributed by atoms with E-state index in [1.165, 1.54) is 11.3 Å². The second-order valence-electron chi connectivity index (χ2n) is 3.87. The highest BCUT2D eigenvalue weighted by Crippen LogP contribution is 2.20. The molecule has 2 heterocycles. The maximum absolute atomic E-state index is 11.3. The van der Waals surface area contributed by atoms with Gasteiger partial charge in [0.1, 0.15) is 0 Å². The third-order valence-electron chi connectivity index (χ3n) is 2.77. The van der Waals surface area contributed by atoms with Gasteiger partial charge < -0.3 is 10.2 Å². The van der Waals surface area contributed by atoms with Crippen molar-refractivity contribution in [3.8, 4) is 0 Å². The average Bonchev–Trinajstić information content (AvgIpc) is 2.32. The zero-order chi connectivity index (χ0) is 11.4. The molecule has 1 aliphatic heterocycles. The van der Waals surface area contributed by atoms with Gasteiger partial charge in [-0.3, -0.25) is 9.19 Å². The molecule has 0 unspecified atom stereocenters. The molecule has 1 N–H and O–H groups in total. The van der Waals surface area contributed by atoms with Crippen LogP contribution in [0.25, 0.3) is 0 Å². The highest BCUT2D eigenvalue weighted by atomic mass is 32.2. The fourth-order valence-corrected chi connectivity index (χ4v) is 2.97. The quantitative estimate of drug-likeness (QED) is 0.828. The molecule has 1 fully saturated rings. The second kappa shape index (κ2) is 5.41. The van der Waals surface area contributed by atoms with Crippen LogP contribution in [0.1, 0.15) is 5.56 Å². The van der Waals surface area contributed by atoms with E-state index in [1.807, 2.05) is 25.5 Å². The Balaban J connectivity index is 2.16. The molecule has 1 aliphatic rings. The summed E-state index contributed by atoms with van der Waals surface area (Å²) in [6, 6.07) is 2.04. The van der Waals surface area contributed by atoms with Crippen molar-refractivity contribution in [2.45, 2.75) is 6.54 Å². The maximum atomic E-state index is 11.3. The predicted octanol–water partition coefficient (Wildman–Crippen LogP) is 0.370. The van der Waals surface area contributed by atoms with E-state index < -0.39 is 10.8 Å². The van der Waals surface area contributed by atoms with Gasteiger partial charge in [0.2, 0.25) is 0 Å². The number of nitrogens with one attached hydrogen (secondary N) is 1. The largest absolute Gasteiger partial charge is 0.368 e. The van der Waals surface area contributed by atoms with Gasteiger partial charge in [0.15, 0.2) is 0 Å². The molecule has 2 rings (SSSR count). The lowest BCUT2D eigenvalue weighted by Gasteiger charge is -2.29. The lowest BCUT2D eigenvalue weighted by Crippen LogP contribution is -2.38. The number of pyridine rings is 1. The van der Waals surface area contributed by atoms with E-state index in [2.05, 4.69) is 15.2 Å². The van der Waals surface area contributed by atoms with E-state index in [1.54, 1.807) is 0 Å². The van der Waals surface area contributed by atoms with E-state index in [0.717, 1.165) is 31.1 Å². The molecule has 4 nitrogen and oxygen atoms in total. The number of nitrogens with zero attached hydrogens (tertiary/aromatic N) is 2. The molecule has 0 radical (unpaired) electrons. The van der Waals surface area contributed by atoms with Crippen molar-refractivity contribution in [3.05, 3.63) is 24.0 Å². The molecule has 1 saturated heterocycles. The molecule has 0 aromatic carbocycles. The fraction of sp³-hybridized carbons (Fsp3) is 0.545. The topological polar surface area (TPSA) is 45.2 Å². The van der Waals surface area contributed by atoms with Gasteiger partial charge >= 0.3 is 0 Å². The monoisotopic (exact) mass is 239 g/mol. The second-order valence-corrected chi connectivity index (χ2v) is 5.57. The van der Waals surface area contributed by atoms with Crippen LogP contribution < -0.4 is 10.2 Å². The zero-order valence-electron chi connectivity index (χ0n) is 9.48. The maximum Gasteiger partial charge on any atom is 0.0598 e. The molecule has 88 valence electrons. The lowest BCUT2D eigenvalue weighted by atomic mass is 10.2. The molecule has 0 saturated carbocycles. The van der Waals surface area contributed by atoms with E-state index in [0.29, 0.717) is 0 Å². The van der Waals surface area contributed by atoms with E-state index >= 15 is 0 Å². The highest BCUT2D eigenvalue weighted by Gasteiger charge is 2.17. The smallest absolute Gasteiger partial charge is 0.0598 e. The molecule has 16 heavy (non-hydrogen) atoms. The first-order valence-corrected chi connectivity index (χ1v) is 6.97. The zero-order valence-corrected chi connectivity index (χ0v) is 10.3. The van der Waals surface area contributed by atoms with Crippen molar-refractivity contribution in [2.24, 2.45) is 0 Å². The van der Waals surface area contributed by atoms with Crippen molar-refractivity contribution in [1.82, 2.24) is 10.3 Å². The minimum absolute atomic E-state index is 0.623. The van der Waals surface area contributed by atoms with Crippen molar-refractivity contribution in [1.29, 1.82) is 0 Å². The van der Waals surface area contributed by atoms with Crippen LogP contribution in [0.5, 0.6) is 0 Å². The Morgan fingerprint density at radius 1 is 1.50 bits per heavy atom. The van der Waals surface area contributed by atoms with Crippen LogP contribution >= 0.6 is 0 Å². The Hall–Kier alpha value is -0.940. The minimum Gasteiger partial charge on any atom is -0.368 e. The van der Waals surface area contributed by atoms with Gasteiger partial charge in [-0.1, -0.05) is 0 Å². The molecular formula is C11H17N3OS. The van der Waals surface area contributed by atoms with Gasteiger partial charge in [-0.15, -0.1) is 0 Å². The van der Waals surface area contributed by atoms with Gasteiger partial charge in [0.05, 0.1) is 11.9 Å². The van der Waals surface area contributed by atoms with Crippen LogP contribution in [0.2, 0.25) is 0 Å². The molecule has 1 aromatic heterocycles. The van der Waals surface area contributed by atoms with Gasteiger partial charge in [0.25, 0.3) is 0 Å². The molecule has 0 atom stereocenters. The molecule has 0 bridgehead atoms. The normalized spacial score (nSPS) is 17.7. The summed E-state index contributed by atoms with van der Waals surface area (Å²) in [6.45, 7) is 2.58. The summed E-state index contributed by atoms with van der Waals surface area (Å²) in [6.07, 6.45) is 3.72. The summed E-state index contributed by atoms with van der Waals surface area (Å²) in [4.78, 5) is 6.46. The Bertz CT molecular complexity index is 373. The molecular weight excluding hydrogens is 222 g/mol. The van der Waals surface area contributed by atoms with E-state index in [9.17, 15) is 4.21 Å². The van der Waals surface area contributed by atoms with Gasteiger partial charge in [-0.05, 0) is 18.7 Å². The van der Waals surface area contributed by atoms with Gasteiger partial charge in [-0.25, -0.2) is 0 Å². The minimum atomic E-state index is -0.623. The van der Waals surface area contributed by atoms with Crippen LogP contribution in [0, 0.1) is 0 Å². The summed E-state index contributed by atoms with van der Waals surface area (Å²) in [5, 5.41) is 3.16. The average molecular weight is 239 g/mol. The van der Waals surface area contributed by atoms with Crippen LogP contribution in [0.4, 0.5) is 5.69 Å². The Morgan fingerprint density at radius 2 is 2.25 bits per heavy atom. The van der Waals surface area contributed by atoms with Crippen molar-refractivity contribution in [2.75, 3.05) is 36.5 Å². The van der Waals surface area contributed by atoms with Gasteiger partial charge in [0, 0.05) is 48.1 Å². The number of rotatable bonds is 3. The third-order valence-corrected chi connectivity index (χ3v) is 4.05. The number of aromatic nitrogens is 1. The van der Waals surface area contributed by atoms with Crippen LogP contribution in [0.15, 0.2) is 18.5 Å². The van der Waals surface area contributed by atoms with Crippen molar-refractivity contribution >= 4 is 16.5 Å². The van der Waals surface area contributed by atoms with E-state index in [-0.39, 0.29) is 0 Å². The first-order valence-electron chi connectivity index (χ1n) is 5.48. The Kier molecular flexibility index (Phi) is 3.90. The van der Waals surface area contributed by atoms with Gasteiger partial charge in [-0.2, -0.15) is 0 Å². The standard InChI is InChI=1S/C11H17N3OS/c1-12-8-10-2-3-13-9-11(10)14-4-6-16(15)7-5-14/h2-3,9,12H,4-8H2,1H3. The van der Waals surface area contributed by atoms with Crippen LogP contribution in [-0.2, 0) is 17.3 Å². The SMILES string of the molecule is CNCc1ccncc1N1CCS(=O)CC1. The highest BCUT2D eigenvalue weighted by molar-refractivity contribution is 7.85. The summed E-state index contributed by atoms with van der Waals surface area (Å²) in [7, 11) is 1.32. The fourth-order valence-electron chi connectivity index (χ4n) is 1.92.